The monoisotopic (exact) mass is 318 g/mol. The largest absolute Gasteiger partial charge is 0.378 e. The summed E-state index contributed by atoms with van der Waals surface area (Å²) < 4.78 is 0.697. The van der Waals surface area contributed by atoms with Crippen LogP contribution in [0.3, 0.4) is 0 Å². The molecule has 0 atom stereocenters. The number of carbonyl (C=O) groups excluding carboxylic acids is 1. The van der Waals surface area contributed by atoms with Crippen molar-refractivity contribution in [2.75, 3.05) is 25.5 Å². The highest BCUT2D eigenvalue weighted by atomic mass is 32.2. The average molecular weight is 318 g/mol. The number of rotatable bonds is 4. The Bertz CT molecular complexity index is 603. The lowest BCUT2D eigenvalue weighted by molar-refractivity contribution is -0.122. The van der Waals surface area contributed by atoms with Crippen LogP contribution in [-0.4, -0.2) is 35.8 Å². The molecule has 21 heavy (non-hydrogen) atoms. The molecule has 0 N–H and O–H groups in total. The molecule has 0 unspecified atom stereocenters. The molecule has 1 aromatic carbocycles. The third-order valence-electron chi connectivity index (χ3n) is 3.72. The number of hydrogen-bond donors (Lipinski definition) is 0. The average Bonchev–Trinajstić information content (AvgIpc) is 3.23. The van der Waals surface area contributed by atoms with Crippen molar-refractivity contribution in [3.63, 3.8) is 0 Å². The van der Waals surface area contributed by atoms with E-state index in [1.807, 2.05) is 32.3 Å². The SMILES string of the molecule is CN(C)c1ccc(/C=C2\SC(=S)N(CC3CC3)C2=O)cc1. The fraction of sp³-hybridized carbons (Fsp3) is 0.375. The van der Waals surface area contributed by atoms with Gasteiger partial charge in [-0.1, -0.05) is 36.1 Å². The van der Waals surface area contributed by atoms with Gasteiger partial charge in [0.2, 0.25) is 0 Å². The predicted octanol–water partition coefficient (Wildman–Crippen LogP) is 3.36. The highest BCUT2D eigenvalue weighted by molar-refractivity contribution is 8.26. The number of thiocarbonyl (C=S) groups is 1. The molecule has 1 aromatic rings. The van der Waals surface area contributed by atoms with Gasteiger partial charge in [0.05, 0.1) is 4.91 Å². The molecule has 0 spiro atoms. The Morgan fingerprint density at radius 1 is 1.33 bits per heavy atom. The van der Waals surface area contributed by atoms with Crippen LogP contribution in [0.25, 0.3) is 6.08 Å². The first-order valence-corrected chi connectivity index (χ1v) is 8.30. The van der Waals surface area contributed by atoms with Crippen LogP contribution in [0.2, 0.25) is 0 Å². The number of thioether (sulfide) groups is 1. The summed E-state index contributed by atoms with van der Waals surface area (Å²) in [6, 6.07) is 8.17. The standard InChI is InChI=1S/C16H18N2OS2/c1-17(2)13-7-5-11(6-8-13)9-14-15(19)18(16(20)21-14)10-12-3-4-12/h5-9,12H,3-4,10H2,1-2H3/b14-9-. The Hall–Kier alpha value is -1.33. The van der Waals surface area contributed by atoms with E-state index in [0.29, 0.717) is 10.2 Å². The van der Waals surface area contributed by atoms with Crippen LogP contribution in [0.4, 0.5) is 5.69 Å². The van der Waals surface area contributed by atoms with Crippen LogP contribution >= 0.6 is 24.0 Å². The quantitative estimate of drug-likeness (QED) is 0.627. The van der Waals surface area contributed by atoms with Gasteiger partial charge in [0, 0.05) is 26.3 Å². The van der Waals surface area contributed by atoms with Gasteiger partial charge in [-0.2, -0.15) is 0 Å². The van der Waals surface area contributed by atoms with Gasteiger partial charge in [0.15, 0.2) is 0 Å². The normalized spacial score (nSPS) is 20.5. The number of nitrogens with zero attached hydrogens (tertiary/aromatic N) is 2. The summed E-state index contributed by atoms with van der Waals surface area (Å²) in [6.45, 7) is 0.793. The molecule has 1 heterocycles. The Balaban J connectivity index is 1.76. The maximum Gasteiger partial charge on any atom is 0.266 e. The van der Waals surface area contributed by atoms with E-state index in [1.165, 1.54) is 24.6 Å². The first-order chi connectivity index (χ1) is 10.0. The minimum atomic E-state index is 0.0635. The molecule has 3 nitrogen and oxygen atoms in total. The van der Waals surface area contributed by atoms with Crippen LogP contribution in [0, 0.1) is 5.92 Å². The third kappa shape index (κ3) is 3.30. The van der Waals surface area contributed by atoms with Crippen molar-refractivity contribution in [1.82, 2.24) is 4.90 Å². The minimum absolute atomic E-state index is 0.0635. The lowest BCUT2D eigenvalue weighted by Crippen LogP contribution is -2.30. The van der Waals surface area contributed by atoms with Crippen molar-refractivity contribution >= 4 is 46.0 Å². The smallest absolute Gasteiger partial charge is 0.266 e. The molecule has 0 radical (unpaired) electrons. The van der Waals surface area contributed by atoms with E-state index in [9.17, 15) is 4.79 Å². The molecule has 3 rings (SSSR count). The van der Waals surface area contributed by atoms with Crippen LogP contribution in [0.15, 0.2) is 29.2 Å². The van der Waals surface area contributed by atoms with Crippen LogP contribution in [-0.2, 0) is 4.79 Å². The van der Waals surface area contributed by atoms with Crippen molar-refractivity contribution < 1.29 is 4.79 Å². The van der Waals surface area contributed by atoms with E-state index < -0.39 is 0 Å². The van der Waals surface area contributed by atoms with Gasteiger partial charge in [-0.3, -0.25) is 9.69 Å². The van der Waals surface area contributed by atoms with Gasteiger partial charge in [-0.05, 0) is 42.5 Å². The van der Waals surface area contributed by atoms with Gasteiger partial charge in [0.25, 0.3) is 5.91 Å². The van der Waals surface area contributed by atoms with Crippen LogP contribution < -0.4 is 4.90 Å². The summed E-state index contributed by atoms with van der Waals surface area (Å²) in [7, 11) is 4.02. The molecule has 0 bridgehead atoms. The van der Waals surface area contributed by atoms with E-state index in [1.54, 1.807) is 4.90 Å². The first kappa shape index (κ1) is 14.6. The fourth-order valence-electron chi connectivity index (χ4n) is 2.24. The molecular weight excluding hydrogens is 300 g/mol. The van der Waals surface area contributed by atoms with Crippen molar-refractivity contribution in [2.45, 2.75) is 12.8 Å². The molecule has 1 amide bonds. The number of anilines is 1. The van der Waals surface area contributed by atoms with Gasteiger partial charge >= 0.3 is 0 Å². The first-order valence-electron chi connectivity index (χ1n) is 7.07. The Labute approximate surface area is 135 Å². The van der Waals surface area contributed by atoms with Gasteiger partial charge < -0.3 is 4.90 Å². The van der Waals surface area contributed by atoms with Crippen molar-refractivity contribution in [3.05, 3.63) is 34.7 Å². The van der Waals surface area contributed by atoms with Crippen LogP contribution in [0.1, 0.15) is 18.4 Å². The summed E-state index contributed by atoms with van der Waals surface area (Å²) in [6.07, 6.45) is 4.38. The van der Waals surface area contributed by atoms with E-state index >= 15 is 0 Å². The summed E-state index contributed by atoms with van der Waals surface area (Å²) in [5, 5.41) is 0. The molecule has 5 heteroatoms. The topological polar surface area (TPSA) is 23.6 Å². The minimum Gasteiger partial charge on any atom is -0.378 e. The Kier molecular flexibility index (Phi) is 4.04. The van der Waals surface area contributed by atoms with E-state index in [4.69, 9.17) is 12.2 Å². The molecule has 1 aliphatic heterocycles. The maximum absolute atomic E-state index is 12.4. The zero-order valence-corrected chi connectivity index (χ0v) is 13.8. The summed E-state index contributed by atoms with van der Waals surface area (Å²) >= 11 is 6.75. The molecule has 1 saturated heterocycles. The van der Waals surface area contributed by atoms with Gasteiger partial charge in [-0.15, -0.1) is 0 Å². The molecule has 2 fully saturated rings. The summed E-state index contributed by atoms with van der Waals surface area (Å²) in [5.74, 6) is 0.722. The van der Waals surface area contributed by atoms with Crippen molar-refractivity contribution in [1.29, 1.82) is 0 Å². The fourth-order valence-corrected chi connectivity index (χ4v) is 3.51. The molecule has 1 saturated carbocycles. The van der Waals surface area contributed by atoms with E-state index in [0.717, 1.165) is 22.7 Å². The highest BCUT2D eigenvalue weighted by Crippen LogP contribution is 2.37. The third-order valence-corrected chi connectivity index (χ3v) is 5.10. The van der Waals surface area contributed by atoms with Crippen molar-refractivity contribution in [2.24, 2.45) is 5.92 Å². The molecule has 1 aliphatic carbocycles. The summed E-state index contributed by atoms with van der Waals surface area (Å²) in [5.41, 5.74) is 2.18. The zero-order chi connectivity index (χ0) is 15.0. The number of carbonyl (C=O) groups is 1. The molecule has 0 aromatic heterocycles. The molecule has 2 aliphatic rings. The zero-order valence-electron chi connectivity index (χ0n) is 12.2. The number of benzene rings is 1. The molecule has 110 valence electrons. The number of amides is 1. The second-order valence-corrected chi connectivity index (χ2v) is 7.40. The Morgan fingerprint density at radius 2 is 2.00 bits per heavy atom. The lowest BCUT2D eigenvalue weighted by atomic mass is 10.2. The highest BCUT2D eigenvalue weighted by Gasteiger charge is 2.36. The predicted molar refractivity (Wildman–Crippen MR) is 93.4 cm³/mol. The van der Waals surface area contributed by atoms with Gasteiger partial charge in [-0.25, -0.2) is 0 Å². The van der Waals surface area contributed by atoms with E-state index in [-0.39, 0.29) is 5.91 Å². The van der Waals surface area contributed by atoms with Crippen molar-refractivity contribution in [3.8, 4) is 0 Å². The van der Waals surface area contributed by atoms with Gasteiger partial charge in [0.1, 0.15) is 4.32 Å². The lowest BCUT2D eigenvalue weighted by Gasteiger charge is -2.13. The van der Waals surface area contributed by atoms with Crippen LogP contribution in [0.5, 0.6) is 0 Å². The summed E-state index contributed by atoms with van der Waals surface area (Å²) in [4.78, 5) is 17.0. The van der Waals surface area contributed by atoms with E-state index in [2.05, 4.69) is 17.0 Å². The second kappa shape index (κ2) is 5.81. The second-order valence-electron chi connectivity index (χ2n) is 5.72. The molecular formula is C16H18N2OS2. The maximum atomic E-state index is 12.4. The number of hydrogen-bond acceptors (Lipinski definition) is 4. The Morgan fingerprint density at radius 3 is 2.57 bits per heavy atom.